The molecule has 3 rings (SSSR count). The molecule has 0 heterocycles. The van der Waals surface area contributed by atoms with Crippen LogP contribution in [0.15, 0.2) is 0 Å². The summed E-state index contributed by atoms with van der Waals surface area (Å²) >= 11 is 0. The molecule has 0 amide bonds. The molecule has 0 N–H and O–H groups in total. The molecule has 0 aromatic rings. The second-order valence-electron chi connectivity index (χ2n) is 5.02. The summed E-state index contributed by atoms with van der Waals surface area (Å²) in [5, 5.41) is 0. The van der Waals surface area contributed by atoms with E-state index in [2.05, 4.69) is 18.6 Å². The number of Topliss-reactive ketones (excluding diaryl/α,β-unsaturated/α-hetero) is 1. The molecule has 3 aliphatic carbocycles. The molecular formula is C11H16O3. The van der Waals surface area contributed by atoms with Gasteiger partial charge in [0.2, 0.25) is 0 Å². The highest BCUT2D eigenvalue weighted by Crippen LogP contribution is 2.59. The summed E-state index contributed by atoms with van der Waals surface area (Å²) < 4.78 is 4.64. The van der Waals surface area contributed by atoms with Gasteiger partial charge in [0, 0.05) is 5.92 Å². The van der Waals surface area contributed by atoms with Gasteiger partial charge in [-0.25, -0.2) is 0 Å². The Hall–Kier alpha value is -0.860. The first-order valence-corrected chi connectivity index (χ1v) is 5.10. The van der Waals surface area contributed by atoms with E-state index in [0.29, 0.717) is 12.3 Å². The van der Waals surface area contributed by atoms with Gasteiger partial charge in [-0.1, -0.05) is 13.8 Å². The van der Waals surface area contributed by atoms with Gasteiger partial charge in [-0.3, -0.25) is 9.59 Å². The third-order valence-corrected chi connectivity index (χ3v) is 4.16. The SMILES string of the molecule is COC(=O)[C@@H]1C[C@H]2C[C@@H](C1=O)C2(C)C. The summed E-state index contributed by atoms with van der Waals surface area (Å²) in [4.78, 5) is 23.2. The second-order valence-corrected chi connectivity index (χ2v) is 5.02. The predicted molar refractivity (Wildman–Crippen MR) is 50.5 cm³/mol. The van der Waals surface area contributed by atoms with Gasteiger partial charge in [-0.05, 0) is 24.2 Å². The lowest BCUT2D eigenvalue weighted by molar-refractivity contribution is -0.169. The van der Waals surface area contributed by atoms with Crippen molar-refractivity contribution in [3.8, 4) is 0 Å². The van der Waals surface area contributed by atoms with Crippen LogP contribution in [0.2, 0.25) is 0 Å². The molecule has 3 saturated carbocycles. The molecule has 0 saturated heterocycles. The normalized spacial score (nSPS) is 38.8. The van der Waals surface area contributed by atoms with Crippen LogP contribution in [0, 0.1) is 23.2 Å². The number of ketones is 1. The minimum Gasteiger partial charge on any atom is -0.468 e. The minimum absolute atomic E-state index is 0.0883. The van der Waals surface area contributed by atoms with E-state index >= 15 is 0 Å². The van der Waals surface area contributed by atoms with Crippen LogP contribution < -0.4 is 0 Å². The van der Waals surface area contributed by atoms with Crippen molar-refractivity contribution in [2.75, 3.05) is 7.11 Å². The van der Waals surface area contributed by atoms with Gasteiger partial charge in [-0.15, -0.1) is 0 Å². The number of esters is 1. The standard InChI is InChI=1S/C11H16O3/c1-11(2)6-4-7(10(13)14-3)9(12)8(11)5-6/h6-8H,4-5H2,1-3H3/t6-,7+,8-/m0/s1. The summed E-state index contributed by atoms with van der Waals surface area (Å²) in [5.74, 6) is -0.110. The van der Waals surface area contributed by atoms with Gasteiger partial charge in [0.1, 0.15) is 5.92 Å². The van der Waals surface area contributed by atoms with E-state index in [4.69, 9.17) is 0 Å². The van der Waals surface area contributed by atoms with Crippen LogP contribution in [-0.2, 0) is 14.3 Å². The van der Waals surface area contributed by atoms with Crippen LogP contribution in [0.4, 0.5) is 0 Å². The Balaban J connectivity index is 2.16. The number of ether oxygens (including phenoxy) is 1. The summed E-state index contributed by atoms with van der Waals surface area (Å²) in [6.07, 6.45) is 1.66. The predicted octanol–water partition coefficient (Wildman–Crippen LogP) is 1.41. The fourth-order valence-corrected chi connectivity index (χ4v) is 2.90. The summed E-state index contributed by atoms with van der Waals surface area (Å²) in [7, 11) is 1.35. The lowest BCUT2D eigenvalue weighted by Crippen LogP contribution is -2.57. The van der Waals surface area contributed by atoms with Crippen LogP contribution in [-0.4, -0.2) is 18.9 Å². The number of carbonyl (C=O) groups is 2. The number of methoxy groups -OCH3 is 1. The van der Waals surface area contributed by atoms with Gasteiger partial charge < -0.3 is 4.74 Å². The first-order chi connectivity index (χ1) is 6.48. The van der Waals surface area contributed by atoms with Crippen LogP contribution in [0.5, 0.6) is 0 Å². The quantitative estimate of drug-likeness (QED) is 0.470. The number of rotatable bonds is 1. The van der Waals surface area contributed by atoms with Crippen molar-refractivity contribution in [2.45, 2.75) is 26.7 Å². The molecule has 78 valence electrons. The highest BCUT2D eigenvalue weighted by molar-refractivity contribution is 6.02. The van der Waals surface area contributed by atoms with Crippen molar-refractivity contribution in [1.29, 1.82) is 0 Å². The lowest BCUT2D eigenvalue weighted by Gasteiger charge is -2.56. The average molecular weight is 196 g/mol. The smallest absolute Gasteiger partial charge is 0.316 e. The number of hydrogen-bond donors (Lipinski definition) is 0. The lowest BCUT2D eigenvalue weighted by atomic mass is 9.46. The largest absolute Gasteiger partial charge is 0.468 e. The fraction of sp³-hybridized carbons (Fsp3) is 0.818. The third kappa shape index (κ3) is 1.04. The van der Waals surface area contributed by atoms with Crippen molar-refractivity contribution in [3.63, 3.8) is 0 Å². The van der Waals surface area contributed by atoms with E-state index < -0.39 is 5.92 Å². The van der Waals surface area contributed by atoms with Crippen LogP contribution in [0.1, 0.15) is 26.7 Å². The highest BCUT2D eigenvalue weighted by atomic mass is 16.5. The Kier molecular flexibility index (Phi) is 1.95. The van der Waals surface area contributed by atoms with E-state index in [1.54, 1.807) is 0 Å². The van der Waals surface area contributed by atoms with Gasteiger partial charge in [0.05, 0.1) is 7.11 Å². The monoisotopic (exact) mass is 196 g/mol. The zero-order chi connectivity index (χ0) is 10.5. The van der Waals surface area contributed by atoms with E-state index in [-0.39, 0.29) is 23.1 Å². The maximum absolute atomic E-state index is 11.9. The van der Waals surface area contributed by atoms with Crippen molar-refractivity contribution in [1.82, 2.24) is 0 Å². The molecule has 0 aromatic heterocycles. The molecule has 14 heavy (non-hydrogen) atoms. The highest BCUT2D eigenvalue weighted by Gasteiger charge is 2.59. The second kappa shape index (κ2) is 2.81. The van der Waals surface area contributed by atoms with Gasteiger partial charge in [-0.2, -0.15) is 0 Å². The summed E-state index contributed by atoms with van der Waals surface area (Å²) in [5.41, 5.74) is 0.113. The molecule has 0 aromatic carbocycles. The first-order valence-electron chi connectivity index (χ1n) is 5.10. The molecule has 3 aliphatic rings. The van der Waals surface area contributed by atoms with Crippen molar-refractivity contribution >= 4 is 11.8 Å². The molecule has 2 bridgehead atoms. The number of fused-ring (bicyclic) bond motifs is 2. The van der Waals surface area contributed by atoms with Crippen molar-refractivity contribution in [3.05, 3.63) is 0 Å². The van der Waals surface area contributed by atoms with Crippen molar-refractivity contribution < 1.29 is 14.3 Å². The van der Waals surface area contributed by atoms with E-state index in [9.17, 15) is 9.59 Å². The topological polar surface area (TPSA) is 43.4 Å². The van der Waals surface area contributed by atoms with Crippen LogP contribution >= 0.6 is 0 Å². The van der Waals surface area contributed by atoms with Gasteiger partial charge in [0.25, 0.3) is 0 Å². The molecule has 3 nitrogen and oxygen atoms in total. The average Bonchev–Trinajstić information content (AvgIpc) is 2.16. The summed E-state index contributed by atoms with van der Waals surface area (Å²) in [6.45, 7) is 4.24. The fourth-order valence-electron chi connectivity index (χ4n) is 2.90. The zero-order valence-corrected chi connectivity index (χ0v) is 8.87. The first kappa shape index (κ1) is 9.69. The Morgan fingerprint density at radius 1 is 1.43 bits per heavy atom. The number of carbonyl (C=O) groups excluding carboxylic acids is 2. The van der Waals surface area contributed by atoms with E-state index in [1.807, 2.05) is 0 Å². The minimum atomic E-state index is -0.475. The van der Waals surface area contributed by atoms with Gasteiger partial charge in [0.15, 0.2) is 5.78 Å². The Labute approximate surface area is 83.8 Å². The molecule has 3 atom stereocenters. The molecule has 0 spiro atoms. The molecule has 0 radical (unpaired) electrons. The van der Waals surface area contributed by atoms with Gasteiger partial charge >= 0.3 is 5.97 Å². The van der Waals surface area contributed by atoms with Crippen LogP contribution in [0.3, 0.4) is 0 Å². The van der Waals surface area contributed by atoms with E-state index in [0.717, 1.165) is 6.42 Å². The maximum Gasteiger partial charge on any atom is 0.316 e. The van der Waals surface area contributed by atoms with Crippen LogP contribution in [0.25, 0.3) is 0 Å². The number of hydrogen-bond acceptors (Lipinski definition) is 3. The molecule has 0 unspecified atom stereocenters. The Morgan fingerprint density at radius 3 is 2.50 bits per heavy atom. The summed E-state index contributed by atoms with van der Waals surface area (Å²) in [6, 6.07) is 0. The third-order valence-electron chi connectivity index (χ3n) is 4.16. The van der Waals surface area contributed by atoms with Crippen molar-refractivity contribution in [2.24, 2.45) is 23.2 Å². The maximum atomic E-state index is 11.9. The Morgan fingerprint density at radius 2 is 2.07 bits per heavy atom. The zero-order valence-electron chi connectivity index (χ0n) is 8.87. The van der Waals surface area contributed by atoms with E-state index in [1.165, 1.54) is 7.11 Å². The molecule has 3 fully saturated rings. The Bertz CT molecular complexity index is 293. The molecular weight excluding hydrogens is 180 g/mol. The molecule has 0 aliphatic heterocycles. The molecule has 3 heteroatoms.